The van der Waals surface area contributed by atoms with Crippen molar-refractivity contribution in [2.75, 3.05) is 6.54 Å². The number of aliphatic imine (C=N–C) groups is 1. The number of rotatable bonds is 2. The van der Waals surface area contributed by atoms with Crippen molar-refractivity contribution >= 4 is 17.2 Å². The van der Waals surface area contributed by atoms with Crippen molar-refractivity contribution in [3.05, 3.63) is 33.8 Å². The van der Waals surface area contributed by atoms with Crippen LogP contribution in [0.3, 0.4) is 0 Å². The summed E-state index contributed by atoms with van der Waals surface area (Å²) in [4.78, 5) is 8.35. The lowest BCUT2D eigenvalue weighted by molar-refractivity contribution is 1.13. The van der Waals surface area contributed by atoms with Gasteiger partial charge in [0.05, 0.1) is 4.88 Å². The first kappa shape index (κ1) is 7.96. The van der Waals surface area contributed by atoms with E-state index in [1.165, 1.54) is 0 Å². The highest BCUT2D eigenvalue weighted by molar-refractivity contribution is 7.12. The van der Waals surface area contributed by atoms with Crippen LogP contribution in [-0.4, -0.2) is 12.4 Å². The molecule has 2 nitrogen and oxygen atoms in total. The molecule has 0 aliphatic heterocycles. The van der Waals surface area contributed by atoms with Gasteiger partial charge in [-0.2, -0.15) is 16.3 Å². The molecular formula is C8H8N2S. The van der Waals surface area contributed by atoms with E-state index in [2.05, 4.69) is 9.84 Å². The summed E-state index contributed by atoms with van der Waals surface area (Å²) in [6.07, 6.45) is 0. The van der Waals surface area contributed by atoms with Gasteiger partial charge < -0.3 is 4.85 Å². The number of hydrogen-bond acceptors (Lipinski definition) is 2. The van der Waals surface area contributed by atoms with E-state index < -0.39 is 0 Å². The lowest BCUT2D eigenvalue weighted by Crippen LogP contribution is -1.90. The van der Waals surface area contributed by atoms with E-state index in [9.17, 15) is 0 Å². The molecule has 0 spiro atoms. The van der Waals surface area contributed by atoms with Crippen molar-refractivity contribution in [2.24, 2.45) is 4.99 Å². The molecule has 0 amide bonds. The van der Waals surface area contributed by atoms with E-state index in [1.54, 1.807) is 11.3 Å². The predicted molar refractivity (Wildman–Crippen MR) is 48.0 cm³/mol. The second-order valence-corrected chi connectivity index (χ2v) is 2.83. The topological polar surface area (TPSA) is 16.7 Å². The average Bonchev–Trinajstić information content (AvgIpc) is 2.52. The summed E-state index contributed by atoms with van der Waals surface area (Å²) in [6, 6.07) is 3.84. The molecule has 0 unspecified atom stereocenters. The molecule has 0 saturated carbocycles. The molecule has 1 aromatic heterocycles. The van der Waals surface area contributed by atoms with E-state index in [0.29, 0.717) is 12.4 Å². The summed E-state index contributed by atoms with van der Waals surface area (Å²) in [5.41, 5.74) is 0. The Kier molecular flexibility index (Phi) is 2.82. The lowest BCUT2D eigenvalue weighted by Gasteiger charge is -1.88. The molecule has 0 N–H and O–H groups in total. The zero-order valence-corrected chi connectivity index (χ0v) is 7.06. The number of amidine groups is 1. The Hall–Kier alpha value is -1.14. The average molecular weight is 164 g/mol. The molecule has 0 saturated heterocycles. The summed E-state index contributed by atoms with van der Waals surface area (Å²) < 4.78 is 0. The van der Waals surface area contributed by atoms with Gasteiger partial charge in [0, 0.05) is 0 Å². The van der Waals surface area contributed by atoms with Crippen LogP contribution in [0.2, 0.25) is 0 Å². The minimum atomic E-state index is 0.530. The first-order chi connectivity index (χ1) is 5.38. The van der Waals surface area contributed by atoms with E-state index >= 15 is 0 Å². The maximum atomic E-state index is 6.84. The minimum Gasteiger partial charge on any atom is -0.360 e. The Morgan fingerprint density at radius 3 is 3.09 bits per heavy atom. The van der Waals surface area contributed by atoms with E-state index in [4.69, 9.17) is 6.57 Å². The second-order valence-electron chi connectivity index (χ2n) is 1.89. The van der Waals surface area contributed by atoms with Crippen molar-refractivity contribution in [2.45, 2.75) is 6.92 Å². The summed E-state index contributed by atoms with van der Waals surface area (Å²) in [5, 5.41) is 1.95. The van der Waals surface area contributed by atoms with Gasteiger partial charge in [-0.15, -0.1) is 0 Å². The third kappa shape index (κ3) is 1.89. The third-order valence-corrected chi connectivity index (χ3v) is 2.02. The van der Waals surface area contributed by atoms with Crippen molar-refractivity contribution in [3.8, 4) is 0 Å². The Bertz CT molecular complexity index is 280. The van der Waals surface area contributed by atoms with Crippen LogP contribution in [0.25, 0.3) is 4.85 Å². The smallest absolute Gasteiger partial charge is 0.281 e. The van der Waals surface area contributed by atoms with Crippen LogP contribution in [0.5, 0.6) is 0 Å². The molecule has 0 fully saturated rings. The largest absolute Gasteiger partial charge is 0.360 e. The van der Waals surface area contributed by atoms with Crippen LogP contribution < -0.4 is 0 Å². The van der Waals surface area contributed by atoms with Gasteiger partial charge in [-0.25, -0.2) is 0 Å². The molecule has 11 heavy (non-hydrogen) atoms. The number of nitrogens with zero attached hydrogens (tertiary/aromatic N) is 2. The quantitative estimate of drug-likeness (QED) is 0.363. The van der Waals surface area contributed by atoms with Crippen LogP contribution in [0.1, 0.15) is 11.8 Å². The molecule has 56 valence electrons. The molecule has 0 aromatic carbocycles. The van der Waals surface area contributed by atoms with Crippen molar-refractivity contribution in [1.82, 2.24) is 0 Å². The number of thiophene rings is 1. The van der Waals surface area contributed by atoms with Crippen molar-refractivity contribution in [1.29, 1.82) is 0 Å². The van der Waals surface area contributed by atoms with Crippen molar-refractivity contribution < 1.29 is 0 Å². The summed E-state index contributed by atoms with van der Waals surface area (Å²) in [5.74, 6) is 0.530. The van der Waals surface area contributed by atoms with E-state index in [-0.39, 0.29) is 0 Å². The number of hydrogen-bond donors (Lipinski definition) is 0. The molecule has 3 heteroatoms. The molecule has 0 aliphatic carbocycles. The van der Waals surface area contributed by atoms with Gasteiger partial charge in [-0.05, 0) is 12.3 Å². The first-order valence-corrected chi connectivity index (χ1v) is 4.22. The molecule has 0 radical (unpaired) electrons. The van der Waals surface area contributed by atoms with Gasteiger partial charge in [0.25, 0.3) is 5.84 Å². The lowest BCUT2D eigenvalue weighted by atomic mass is 10.4. The molecule has 0 atom stereocenters. The van der Waals surface area contributed by atoms with Gasteiger partial charge in [0.1, 0.15) is 6.54 Å². The second kappa shape index (κ2) is 3.89. The SMILES string of the molecule is [C-]#[N+]C(=NCC)c1cccs1. The molecular weight excluding hydrogens is 156 g/mol. The van der Waals surface area contributed by atoms with Gasteiger partial charge in [-0.1, -0.05) is 18.7 Å². The van der Waals surface area contributed by atoms with Crippen LogP contribution in [-0.2, 0) is 0 Å². The summed E-state index contributed by atoms with van der Waals surface area (Å²) in [6.45, 7) is 9.45. The molecule has 1 heterocycles. The maximum Gasteiger partial charge on any atom is 0.281 e. The summed E-state index contributed by atoms with van der Waals surface area (Å²) in [7, 11) is 0. The Balaban J connectivity index is 2.91. The standard InChI is InChI=1S/C8H8N2S/c1-3-10-8(9-2)7-5-4-6-11-7/h4-6H,3H2,1H3. The highest BCUT2D eigenvalue weighted by Gasteiger charge is 2.01. The van der Waals surface area contributed by atoms with Gasteiger partial charge in [-0.3, -0.25) is 0 Å². The van der Waals surface area contributed by atoms with Gasteiger partial charge >= 0.3 is 0 Å². The van der Waals surface area contributed by atoms with E-state index in [0.717, 1.165) is 4.88 Å². The van der Waals surface area contributed by atoms with Crippen molar-refractivity contribution in [3.63, 3.8) is 0 Å². The fraction of sp³-hybridized carbons (Fsp3) is 0.250. The molecule has 0 bridgehead atoms. The first-order valence-electron chi connectivity index (χ1n) is 3.34. The zero-order valence-electron chi connectivity index (χ0n) is 6.24. The predicted octanol–water partition coefficient (Wildman–Crippen LogP) is 2.43. The maximum absolute atomic E-state index is 6.84. The highest BCUT2D eigenvalue weighted by Crippen LogP contribution is 2.10. The fourth-order valence-corrected chi connectivity index (χ4v) is 1.40. The Labute approximate surface area is 70.0 Å². The normalized spacial score (nSPS) is 11.1. The fourth-order valence-electron chi connectivity index (χ4n) is 0.724. The van der Waals surface area contributed by atoms with Crippen LogP contribution in [0, 0.1) is 6.57 Å². The highest BCUT2D eigenvalue weighted by atomic mass is 32.1. The minimum absolute atomic E-state index is 0.530. The Morgan fingerprint density at radius 2 is 2.64 bits per heavy atom. The van der Waals surface area contributed by atoms with Crippen LogP contribution in [0.4, 0.5) is 0 Å². The zero-order chi connectivity index (χ0) is 8.10. The van der Waals surface area contributed by atoms with Gasteiger partial charge in [0.15, 0.2) is 0 Å². The monoisotopic (exact) mass is 164 g/mol. The third-order valence-electron chi connectivity index (χ3n) is 1.16. The summed E-state index contributed by atoms with van der Waals surface area (Å²) >= 11 is 1.55. The van der Waals surface area contributed by atoms with Crippen LogP contribution >= 0.6 is 11.3 Å². The van der Waals surface area contributed by atoms with Crippen LogP contribution in [0.15, 0.2) is 22.5 Å². The van der Waals surface area contributed by atoms with E-state index in [1.807, 2.05) is 24.4 Å². The van der Waals surface area contributed by atoms with Gasteiger partial charge in [0.2, 0.25) is 0 Å². The Morgan fingerprint density at radius 1 is 1.82 bits per heavy atom. The molecule has 1 rings (SSSR count). The molecule has 0 aliphatic rings. The molecule has 1 aromatic rings.